The quantitative estimate of drug-likeness (QED) is 0.741. The molecule has 0 aliphatic carbocycles. The van der Waals surface area contributed by atoms with E-state index < -0.39 is 0 Å². The Hall–Kier alpha value is -2.47. The van der Waals surface area contributed by atoms with Crippen molar-refractivity contribution < 1.29 is 0 Å². The molecule has 3 aromatic rings. The van der Waals surface area contributed by atoms with Crippen molar-refractivity contribution in [2.45, 2.75) is 6.54 Å². The summed E-state index contributed by atoms with van der Waals surface area (Å²) in [5.41, 5.74) is 9.26. The van der Waals surface area contributed by atoms with E-state index in [4.69, 9.17) is 5.73 Å². The van der Waals surface area contributed by atoms with Crippen LogP contribution in [0.1, 0.15) is 5.56 Å². The number of nitrogens with one attached hydrogen (secondary N) is 1. The normalized spacial score (nSPS) is 10.8. The first-order chi connectivity index (χ1) is 9.29. The zero-order valence-electron chi connectivity index (χ0n) is 10.5. The third-order valence-electron chi connectivity index (χ3n) is 3.05. The third kappa shape index (κ3) is 2.02. The molecule has 0 unspecified atom stereocenters. The number of hydrogen-bond donors (Lipinski definition) is 2. The van der Waals surface area contributed by atoms with E-state index in [0.717, 1.165) is 22.6 Å². The summed E-state index contributed by atoms with van der Waals surface area (Å²) >= 11 is 0. The largest absolute Gasteiger partial charge is 0.340 e. The number of anilines is 2. The highest BCUT2D eigenvalue weighted by atomic mass is 15.2. The molecular weight excluding hydrogens is 240 g/mol. The average Bonchev–Trinajstić information content (AvgIpc) is 2.95. The summed E-state index contributed by atoms with van der Waals surface area (Å²) in [6.45, 7) is 0.519. The van der Waals surface area contributed by atoms with Crippen molar-refractivity contribution >= 4 is 22.7 Å². The van der Waals surface area contributed by atoms with Crippen LogP contribution in [0.25, 0.3) is 11.2 Å². The van der Waals surface area contributed by atoms with Gasteiger partial charge in [-0.2, -0.15) is 0 Å². The second-order valence-corrected chi connectivity index (χ2v) is 4.23. The van der Waals surface area contributed by atoms with Gasteiger partial charge < -0.3 is 15.6 Å². The lowest BCUT2D eigenvalue weighted by Crippen LogP contribution is -2.12. The van der Waals surface area contributed by atoms with E-state index in [1.807, 2.05) is 36.2 Å². The van der Waals surface area contributed by atoms with E-state index in [0.29, 0.717) is 12.2 Å². The van der Waals surface area contributed by atoms with Crippen LogP contribution < -0.4 is 10.6 Å². The number of H-pyrrole nitrogens is 1. The highest BCUT2D eigenvalue weighted by molar-refractivity contribution is 5.85. The summed E-state index contributed by atoms with van der Waals surface area (Å²) < 4.78 is 0. The maximum atomic E-state index is 5.67. The van der Waals surface area contributed by atoms with Crippen LogP contribution >= 0.6 is 0 Å². The predicted molar refractivity (Wildman–Crippen MR) is 74.1 cm³/mol. The second kappa shape index (κ2) is 4.66. The molecule has 19 heavy (non-hydrogen) atoms. The average molecular weight is 254 g/mol. The number of nitrogens with two attached hydrogens (primary N) is 1. The summed E-state index contributed by atoms with van der Waals surface area (Å²) in [5.74, 6) is 0.789. The van der Waals surface area contributed by atoms with Crippen molar-refractivity contribution in [2.75, 3.05) is 11.9 Å². The van der Waals surface area contributed by atoms with Crippen LogP contribution in [0.15, 0.2) is 36.9 Å². The number of hydrogen-bond acceptors (Lipinski definition) is 5. The Morgan fingerprint density at radius 3 is 3.00 bits per heavy atom. The Kier molecular flexibility index (Phi) is 2.85. The molecule has 96 valence electrons. The van der Waals surface area contributed by atoms with Crippen LogP contribution in [0.3, 0.4) is 0 Å². The van der Waals surface area contributed by atoms with Crippen molar-refractivity contribution in [2.24, 2.45) is 5.73 Å². The number of nitrogens with zero attached hydrogens (tertiary/aromatic N) is 4. The van der Waals surface area contributed by atoms with Crippen LogP contribution in [-0.2, 0) is 6.54 Å². The van der Waals surface area contributed by atoms with Crippen molar-refractivity contribution in [1.29, 1.82) is 0 Å². The fraction of sp³-hybridized carbons (Fsp3) is 0.154. The molecule has 1 aromatic carbocycles. The van der Waals surface area contributed by atoms with Gasteiger partial charge in [-0.25, -0.2) is 15.0 Å². The van der Waals surface area contributed by atoms with E-state index in [1.54, 1.807) is 6.33 Å². The number of aromatic amines is 1. The van der Waals surface area contributed by atoms with E-state index in [-0.39, 0.29) is 0 Å². The standard InChI is InChI=1S/C13H14N6/c1-19(10-4-2-3-9(5-10)6-14)13-11-12(16-7-15-11)17-8-18-13/h2-5,7-8H,6,14H2,1H3,(H,15,16,17,18). The van der Waals surface area contributed by atoms with Gasteiger partial charge in [-0.15, -0.1) is 0 Å². The van der Waals surface area contributed by atoms with Gasteiger partial charge in [-0.05, 0) is 17.7 Å². The summed E-state index contributed by atoms with van der Waals surface area (Å²) in [4.78, 5) is 17.6. The first-order valence-electron chi connectivity index (χ1n) is 5.96. The van der Waals surface area contributed by atoms with Crippen molar-refractivity contribution in [3.05, 3.63) is 42.5 Å². The molecule has 2 heterocycles. The van der Waals surface area contributed by atoms with Gasteiger partial charge in [0.2, 0.25) is 0 Å². The molecule has 6 heteroatoms. The van der Waals surface area contributed by atoms with Crippen molar-refractivity contribution in [3.8, 4) is 0 Å². The van der Waals surface area contributed by atoms with Crippen LogP contribution in [-0.4, -0.2) is 27.0 Å². The van der Waals surface area contributed by atoms with Gasteiger partial charge in [0.15, 0.2) is 11.5 Å². The van der Waals surface area contributed by atoms with Gasteiger partial charge in [-0.1, -0.05) is 12.1 Å². The van der Waals surface area contributed by atoms with Gasteiger partial charge in [0, 0.05) is 19.3 Å². The molecule has 2 aromatic heterocycles. The first kappa shape index (κ1) is 11.6. The van der Waals surface area contributed by atoms with Crippen LogP contribution in [0.4, 0.5) is 11.5 Å². The van der Waals surface area contributed by atoms with Gasteiger partial charge in [0.25, 0.3) is 0 Å². The lowest BCUT2D eigenvalue weighted by molar-refractivity contribution is 1.06. The molecule has 0 aliphatic rings. The van der Waals surface area contributed by atoms with Crippen LogP contribution in [0, 0.1) is 0 Å². The monoisotopic (exact) mass is 254 g/mol. The third-order valence-corrected chi connectivity index (χ3v) is 3.05. The number of imidazole rings is 1. The minimum absolute atomic E-state index is 0.519. The molecular formula is C13H14N6. The minimum atomic E-state index is 0.519. The smallest absolute Gasteiger partial charge is 0.182 e. The van der Waals surface area contributed by atoms with E-state index in [1.165, 1.54) is 6.33 Å². The lowest BCUT2D eigenvalue weighted by atomic mass is 10.2. The Morgan fingerprint density at radius 2 is 2.16 bits per heavy atom. The summed E-state index contributed by atoms with van der Waals surface area (Å²) in [6, 6.07) is 8.05. The minimum Gasteiger partial charge on any atom is -0.340 e. The molecule has 0 spiro atoms. The number of fused-ring (bicyclic) bond motifs is 1. The predicted octanol–water partition coefficient (Wildman–Crippen LogP) is 1.58. The van der Waals surface area contributed by atoms with E-state index in [2.05, 4.69) is 19.9 Å². The number of aromatic nitrogens is 4. The fourth-order valence-electron chi connectivity index (χ4n) is 2.02. The van der Waals surface area contributed by atoms with Gasteiger partial charge in [-0.3, -0.25) is 0 Å². The molecule has 0 bridgehead atoms. The molecule has 3 N–H and O–H groups in total. The topological polar surface area (TPSA) is 83.7 Å². The zero-order valence-corrected chi connectivity index (χ0v) is 10.5. The number of benzene rings is 1. The lowest BCUT2D eigenvalue weighted by Gasteiger charge is -2.19. The first-order valence-corrected chi connectivity index (χ1v) is 5.96. The second-order valence-electron chi connectivity index (χ2n) is 4.23. The Morgan fingerprint density at radius 1 is 1.26 bits per heavy atom. The van der Waals surface area contributed by atoms with Gasteiger partial charge >= 0.3 is 0 Å². The highest BCUT2D eigenvalue weighted by Crippen LogP contribution is 2.26. The van der Waals surface area contributed by atoms with Gasteiger partial charge in [0.05, 0.1) is 6.33 Å². The van der Waals surface area contributed by atoms with Gasteiger partial charge in [0.1, 0.15) is 11.8 Å². The fourth-order valence-corrected chi connectivity index (χ4v) is 2.02. The molecule has 0 amide bonds. The Balaban J connectivity index is 2.07. The Labute approximate surface area is 110 Å². The maximum Gasteiger partial charge on any atom is 0.182 e. The van der Waals surface area contributed by atoms with Crippen molar-refractivity contribution in [1.82, 2.24) is 19.9 Å². The van der Waals surface area contributed by atoms with E-state index >= 15 is 0 Å². The molecule has 6 nitrogen and oxygen atoms in total. The summed E-state index contributed by atoms with van der Waals surface area (Å²) in [7, 11) is 1.96. The summed E-state index contributed by atoms with van der Waals surface area (Å²) in [6.07, 6.45) is 3.13. The maximum absolute atomic E-state index is 5.67. The Bertz CT molecular complexity index is 705. The molecule has 0 radical (unpaired) electrons. The van der Waals surface area contributed by atoms with Crippen LogP contribution in [0.5, 0.6) is 0 Å². The SMILES string of the molecule is CN(c1cccc(CN)c1)c1ncnc2nc[nH]c12. The molecule has 3 rings (SSSR count). The molecule has 0 atom stereocenters. The number of rotatable bonds is 3. The molecule has 0 saturated heterocycles. The van der Waals surface area contributed by atoms with Crippen LogP contribution in [0.2, 0.25) is 0 Å². The molecule has 0 saturated carbocycles. The van der Waals surface area contributed by atoms with E-state index in [9.17, 15) is 0 Å². The summed E-state index contributed by atoms with van der Waals surface area (Å²) in [5, 5.41) is 0. The highest BCUT2D eigenvalue weighted by Gasteiger charge is 2.12. The molecule has 0 fully saturated rings. The molecule has 0 aliphatic heterocycles. The van der Waals surface area contributed by atoms with Crippen molar-refractivity contribution in [3.63, 3.8) is 0 Å². The zero-order chi connectivity index (χ0) is 13.2.